The molecule has 24 heavy (non-hydrogen) atoms. The van der Waals surface area contributed by atoms with Crippen molar-refractivity contribution in [1.82, 2.24) is 9.88 Å². The van der Waals surface area contributed by atoms with Crippen LogP contribution in [0.5, 0.6) is 0 Å². The second-order valence-corrected chi connectivity index (χ2v) is 8.39. The minimum absolute atomic E-state index is 0.214. The SMILES string of the molecule is CCOC(=O)Nc1nc2c(s1)CN(C(=O)CSC1CCCC1)CC2. The van der Waals surface area contributed by atoms with Crippen LogP contribution in [0, 0.1) is 0 Å². The summed E-state index contributed by atoms with van der Waals surface area (Å²) in [6.07, 6.45) is 5.37. The van der Waals surface area contributed by atoms with Crippen molar-refractivity contribution < 1.29 is 14.3 Å². The number of nitrogens with zero attached hydrogens (tertiary/aromatic N) is 2. The van der Waals surface area contributed by atoms with Gasteiger partial charge in [-0.05, 0) is 19.8 Å². The van der Waals surface area contributed by atoms with E-state index in [1.54, 1.807) is 6.92 Å². The zero-order chi connectivity index (χ0) is 16.9. The van der Waals surface area contributed by atoms with Gasteiger partial charge in [0.25, 0.3) is 0 Å². The van der Waals surface area contributed by atoms with Gasteiger partial charge in [-0.2, -0.15) is 0 Å². The minimum Gasteiger partial charge on any atom is -0.450 e. The van der Waals surface area contributed by atoms with Gasteiger partial charge in [-0.3, -0.25) is 10.1 Å². The summed E-state index contributed by atoms with van der Waals surface area (Å²) in [6, 6.07) is 0. The van der Waals surface area contributed by atoms with Gasteiger partial charge in [0.1, 0.15) is 0 Å². The molecular weight excluding hydrogens is 346 g/mol. The van der Waals surface area contributed by atoms with E-state index >= 15 is 0 Å². The molecule has 0 atom stereocenters. The summed E-state index contributed by atoms with van der Waals surface area (Å²) in [5.74, 6) is 0.790. The van der Waals surface area contributed by atoms with Crippen LogP contribution in [0.25, 0.3) is 0 Å². The molecule has 1 aromatic rings. The fraction of sp³-hybridized carbons (Fsp3) is 0.688. The Morgan fingerprint density at radius 1 is 1.42 bits per heavy atom. The molecule has 0 unspecified atom stereocenters. The molecule has 0 aromatic carbocycles. The van der Waals surface area contributed by atoms with Gasteiger partial charge in [-0.15, -0.1) is 11.8 Å². The molecule has 1 aliphatic heterocycles. The van der Waals surface area contributed by atoms with Crippen molar-refractivity contribution in [2.45, 2.75) is 50.8 Å². The topological polar surface area (TPSA) is 71.5 Å². The van der Waals surface area contributed by atoms with Crippen molar-refractivity contribution in [3.8, 4) is 0 Å². The van der Waals surface area contributed by atoms with Crippen LogP contribution in [0.15, 0.2) is 0 Å². The molecule has 3 rings (SSSR count). The summed E-state index contributed by atoms with van der Waals surface area (Å²) < 4.78 is 4.87. The van der Waals surface area contributed by atoms with Gasteiger partial charge in [-0.25, -0.2) is 9.78 Å². The molecule has 0 bridgehead atoms. The molecule has 1 saturated carbocycles. The third-order valence-electron chi connectivity index (χ3n) is 4.31. The Morgan fingerprint density at radius 3 is 2.96 bits per heavy atom. The number of carbonyl (C=O) groups is 2. The fourth-order valence-electron chi connectivity index (χ4n) is 3.05. The van der Waals surface area contributed by atoms with E-state index in [0.717, 1.165) is 17.0 Å². The third-order valence-corrected chi connectivity index (χ3v) is 6.67. The number of fused-ring (bicyclic) bond motifs is 1. The molecule has 0 spiro atoms. The summed E-state index contributed by atoms with van der Waals surface area (Å²) in [4.78, 5) is 31.3. The number of hydrogen-bond acceptors (Lipinski definition) is 6. The van der Waals surface area contributed by atoms with Gasteiger partial charge in [0, 0.05) is 23.1 Å². The lowest BCUT2D eigenvalue weighted by Gasteiger charge is -2.26. The number of rotatable bonds is 5. The molecule has 8 heteroatoms. The first kappa shape index (κ1) is 17.5. The van der Waals surface area contributed by atoms with Crippen LogP contribution in [0.3, 0.4) is 0 Å². The number of amides is 2. The number of aromatic nitrogens is 1. The van der Waals surface area contributed by atoms with Gasteiger partial charge < -0.3 is 9.64 Å². The van der Waals surface area contributed by atoms with E-state index < -0.39 is 6.09 Å². The van der Waals surface area contributed by atoms with Crippen molar-refractivity contribution in [2.75, 3.05) is 24.2 Å². The van der Waals surface area contributed by atoms with Crippen molar-refractivity contribution >= 4 is 40.2 Å². The molecule has 2 heterocycles. The smallest absolute Gasteiger partial charge is 0.413 e. The molecule has 1 aromatic heterocycles. The van der Waals surface area contributed by atoms with Crippen molar-refractivity contribution in [2.24, 2.45) is 0 Å². The number of thiazole rings is 1. The zero-order valence-corrected chi connectivity index (χ0v) is 15.5. The van der Waals surface area contributed by atoms with Crippen LogP contribution in [0.1, 0.15) is 43.2 Å². The van der Waals surface area contributed by atoms with Crippen LogP contribution in [-0.4, -0.2) is 46.0 Å². The number of nitrogens with one attached hydrogen (secondary N) is 1. The summed E-state index contributed by atoms with van der Waals surface area (Å²) in [7, 11) is 0. The lowest BCUT2D eigenvalue weighted by atomic mass is 10.2. The molecule has 6 nitrogen and oxygen atoms in total. The Balaban J connectivity index is 1.52. The Kier molecular flexibility index (Phi) is 5.99. The number of thioether (sulfide) groups is 1. The molecule has 0 saturated heterocycles. The lowest BCUT2D eigenvalue weighted by molar-refractivity contribution is -0.129. The quantitative estimate of drug-likeness (QED) is 0.862. The maximum atomic E-state index is 12.4. The van der Waals surface area contributed by atoms with Gasteiger partial charge in [0.15, 0.2) is 5.13 Å². The molecule has 2 amide bonds. The number of anilines is 1. The molecular formula is C16H23N3O3S2. The molecule has 1 fully saturated rings. The molecule has 2 aliphatic rings. The molecule has 0 radical (unpaired) electrons. The van der Waals surface area contributed by atoms with Crippen LogP contribution in [0.2, 0.25) is 0 Å². The highest BCUT2D eigenvalue weighted by Gasteiger charge is 2.25. The van der Waals surface area contributed by atoms with Crippen LogP contribution < -0.4 is 5.32 Å². The lowest BCUT2D eigenvalue weighted by Crippen LogP contribution is -2.36. The van der Waals surface area contributed by atoms with Gasteiger partial charge in [-0.1, -0.05) is 24.2 Å². The summed E-state index contributed by atoms with van der Waals surface area (Å²) >= 11 is 3.24. The maximum absolute atomic E-state index is 12.4. The van der Waals surface area contributed by atoms with Crippen LogP contribution in [0.4, 0.5) is 9.93 Å². The fourth-order valence-corrected chi connectivity index (χ4v) is 5.29. The average molecular weight is 370 g/mol. The van der Waals surface area contributed by atoms with Crippen molar-refractivity contribution in [3.63, 3.8) is 0 Å². The highest BCUT2D eigenvalue weighted by Crippen LogP contribution is 2.31. The summed E-state index contributed by atoms with van der Waals surface area (Å²) in [5.41, 5.74) is 0.985. The molecule has 1 aliphatic carbocycles. The van der Waals surface area contributed by atoms with Gasteiger partial charge >= 0.3 is 6.09 Å². The van der Waals surface area contributed by atoms with Crippen molar-refractivity contribution in [1.29, 1.82) is 0 Å². The van der Waals surface area contributed by atoms with Gasteiger partial charge in [0.05, 0.1) is 24.6 Å². The van der Waals surface area contributed by atoms with E-state index in [0.29, 0.717) is 35.8 Å². The first-order valence-electron chi connectivity index (χ1n) is 8.47. The highest BCUT2D eigenvalue weighted by molar-refractivity contribution is 8.00. The third kappa shape index (κ3) is 4.42. The van der Waals surface area contributed by atoms with E-state index in [1.807, 2.05) is 16.7 Å². The maximum Gasteiger partial charge on any atom is 0.413 e. The normalized spacial score (nSPS) is 17.6. The molecule has 132 valence electrons. The number of carbonyl (C=O) groups excluding carboxylic acids is 2. The largest absolute Gasteiger partial charge is 0.450 e. The van der Waals surface area contributed by atoms with Crippen molar-refractivity contribution in [3.05, 3.63) is 10.6 Å². The summed E-state index contributed by atoms with van der Waals surface area (Å²) in [5, 5.41) is 3.86. The van der Waals surface area contributed by atoms with E-state index in [9.17, 15) is 9.59 Å². The predicted molar refractivity (Wildman–Crippen MR) is 96.6 cm³/mol. The van der Waals surface area contributed by atoms with Gasteiger partial charge in [0.2, 0.25) is 5.91 Å². The average Bonchev–Trinajstić information content (AvgIpc) is 3.20. The second-order valence-electron chi connectivity index (χ2n) is 6.02. The monoisotopic (exact) mass is 369 g/mol. The number of ether oxygens (including phenoxy) is 1. The van der Waals surface area contributed by atoms with E-state index in [-0.39, 0.29) is 5.91 Å². The second kappa shape index (κ2) is 8.20. The predicted octanol–water partition coefficient (Wildman–Crippen LogP) is 3.27. The minimum atomic E-state index is -0.482. The Hall–Kier alpha value is -1.28. The zero-order valence-electron chi connectivity index (χ0n) is 13.9. The molecule has 1 N–H and O–H groups in total. The van der Waals surface area contributed by atoms with Crippen LogP contribution in [-0.2, 0) is 22.5 Å². The number of hydrogen-bond donors (Lipinski definition) is 1. The van der Waals surface area contributed by atoms with Crippen LogP contribution >= 0.6 is 23.1 Å². The highest BCUT2D eigenvalue weighted by atomic mass is 32.2. The standard InChI is InChI=1S/C16H23N3O3S2/c1-2-22-16(21)18-15-17-12-7-8-19(9-13(12)24-15)14(20)10-23-11-5-3-4-6-11/h11H,2-10H2,1H3,(H,17,18,21). The van der Waals surface area contributed by atoms with E-state index in [1.165, 1.54) is 37.0 Å². The van der Waals surface area contributed by atoms with E-state index in [4.69, 9.17) is 4.74 Å². The first-order valence-corrected chi connectivity index (χ1v) is 10.3. The Labute approximate surface area is 150 Å². The van der Waals surface area contributed by atoms with E-state index in [2.05, 4.69) is 10.3 Å². The summed E-state index contributed by atoms with van der Waals surface area (Å²) in [6.45, 7) is 3.40. The Morgan fingerprint density at radius 2 is 2.21 bits per heavy atom. The first-order chi connectivity index (χ1) is 11.7. The Bertz CT molecular complexity index is 599.